The second-order valence-electron chi connectivity index (χ2n) is 8.45. The van der Waals surface area contributed by atoms with Crippen molar-refractivity contribution >= 4 is 52.4 Å². The summed E-state index contributed by atoms with van der Waals surface area (Å²) in [4.78, 5) is 28.6. The second kappa shape index (κ2) is 12.6. The van der Waals surface area contributed by atoms with Crippen molar-refractivity contribution in [3.63, 3.8) is 0 Å². The molecule has 1 aliphatic heterocycles. The molecule has 1 atom stereocenters. The van der Waals surface area contributed by atoms with Gasteiger partial charge in [-0.2, -0.15) is 0 Å². The van der Waals surface area contributed by atoms with E-state index in [1.54, 1.807) is 48.7 Å². The fourth-order valence-electron chi connectivity index (χ4n) is 4.06. The first kappa shape index (κ1) is 29.2. The van der Waals surface area contributed by atoms with Gasteiger partial charge in [0.2, 0.25) is 0 Å². The minimum atomic E-state index is -1.22. The number of amides is 1. The summed E-state index contributed by atoms with van der Waals surface area (Å²) in [5.41, 5.74) is 2.87. The molecule has 39 heavy (non-hydrogen) atoms. The molecular weight excluding hydrogens is 574 g/mol. The number of rotatable bonds is 6. The van der Waals surface area contributed by atoms with Crippen molar-refractivity contribution in [3.05, 3.63) is 99.1 Å². The van der Waals surface area contributed by atoms with E-state index in [1.807, 2.05) is 18.2 Å². The monoisotopic (exact) mass is 590 g/mol. The molecule has 11 heteroatoms. The summed E-state index contributed by atoms with van der Waals surface area (Å²) in [6.45, 7) is 0.176. The quantitative estimate of drug-likeness (QED) is 0.345. The van der Waals surface area contributed by atoms with Crippen LogP contribution in [0.4, 0.5) is 5.69 Å². The maximum absolute atomic E-state index is 12.7. The number of nitrogens with one attached hydrogen (secondary N) is 1. The minimum Gasteiger partial charge on any atom is -0.549 e. The largest absolute Gasteiger partial charge is 1.00 e. The Labute approximate surface area is 261 Å². The van der Waals surface area contributed by atoms with E-state index in [1.165, 1.54) is 6.07 Å². The zero-order chi connectivity index (χ0) is 26.8. The van der Waals surface area contributed by atoms with Gasteiger partial charge >= 0.3 is 29.6 Å². The molecule has 0 saturated heterocycles. The normalized spacial score (nSPS) is 13.9. The number of ether oxygens (including phenoxy) is 2. The molecule has 192 valence electrons. The molecule has 1 N–H and O–H groups in total. The van der Waals surface area contributed by atoms with E-state index in [4.69, 9.17) is 44.3 Å². The van der Waals surface area contributed by atoms with Gasteiger partial charge in [-0.15, -0.1) is 0 Å². The maximum atomic E-state index is 12.7. The van der Waals surface area contributed by atoms with Crippen LogP contribution in [0.5, 0.6) is 17.2 Å². The van der Waals surface area contributed by atoms with Gasteiger partial charge < -0.3 is 24.7 Å². The summed E-state index contributed by atoms with van der Waals surface area (Å²) >= 11 is 18.9. The molecule has 1 aromatic heterocycles. The molecule has 0 spiro atoms. The number of pyridine rings is 1. The van der Waals surface area contributed by atoms with Gasteiger partial charge in [-0.3, -0.25) is 9.78 Å². The van der Waals surface area contributed by atoms with Crippen LogP contribution >= 0.6 is 34.8 Å². The Hall–Kier alpha value is -2.78. The Morgan fingerprint density at radius 3 is 2.46 bits per heavy atom. The Kier molecular flexibility index (Phi) is 9.43. The third-order valence-corrected chi connectivity index (χ3v) is 6.81. The predicted octanol–water partition coefficient (Wildman–Crippen LogP) is 3.37. The van der Waals surface area contributed by atoms with Gasteiger partial charge in [0.25, 0.3) is 5.91 Å². The van der Waals surface area contributed by atoms with Crippen molar-refractivity contribution in [1.82, 2.24) is 4.98 Å². The molecule has 4 aromatic rings. The van der Waals surface area contributed by atoms with Crippen LogP contribution in [0.3, 0.4) is 0 Å². The number of halogens is 3. The van der Waals surface area contributed by atoms with Gasteiger partial charge in [0.1, 0.15) is 16.5 Å². The third-order valence-electron chi connectivity index (χ3n) is 5.95. The molecule has 0 aliphatic carbocycles. The van der Waals surface area contributed by atoms with E-state index < -0.39 is 11.9 Å². The van der Waals surface area contributed by atoms with Gasteiger partial charge in [-0.1, -0.05) is 46.9 Å². The maximum Gasteiger partial charge on any atom is 1.00 e. The van der Waals surface area contributed by atoms with Crippen LogP contribution in [0.15, 0.2) is 72.9 Å². The van der Waals surface area contributed by atoms with E-state index >= 15 is 0 Å². The number of benzene rings is 3. The van der Waals surface area contributed by atoms with E-state index in [0.717, 1.165) is 11.3 Å². The van der Waals surface area contributed by atoms with Crippen LogP contribution in [0.1, 0.15) is 28.3 Å². The molecule has 0 fully saturated rings. The second-order valence-corrected chi connectivity index (χ2v) is 9.67. The Balaban J connectivity index is 0.00000353. The number of anilines is 1. The summed E-state index contributed by atoms with van der Waals surface area (Å²) in [6, 6.07) is 18.7. The molecule has 1 aliphatic rings. The molecule has 5 rings (SSSR count). The summed E-state index contributed by atoms with van der Waals surface area (Å²) in [6.07, 6.45) is 1.83. The molecular formula is C28H18Cl3N2NaO5. The number of carboxylic acids is 1. The van der Waals surface area contributed by atoms with Crippen LogP contribution in [0, 0.1) is 0 Å². The first-order valence-electron chi connectivity index (χ1n) is 11.5. The molecule has 1 amide bonds. The topological polar surface area (TPSA) is 101 Å². The average Bonchev–Trinajstić information content (AvgIpc) is 2.91. The number of hydrogen-bond acceptors (Lipinski definition) is 6. The molecule has 7 nitrogen and oxygen atoms in total. The minimum absolute atomic E-state index is 0. The van der Waals surface area contributed by atoms with Crippen molar-refractivity contribution in [2.24, 2.45) is 0 Å². The van der Waals surface area contributed by atoms with E-state index in [9.17, 15) is 14.7 Å². The summed E-state index contributed by atoms with van der Waals surface area (Å²) in [7, 11) is 0. The van der Waals surface area contributed by atoms with E-state index in [0.29, 0.717) is 27.6 Å². The Bertz CT molecular complexity index is 1530. The average molecular weight is 592 g/mol. The smallest absolute Gasteiger partial charge is 0.549 e. The van der Waals surface area contributed by atoms with Gasteiger partial charge in [0.15, 0.2) is 5.75 Å². The Morgan fingerprint density at radius 1 is 1.03 bits per heavy atom. The summed E-state index contributed by atoms with van der Waals surface area (Å²) in [5, 5.41) is 15.1. The van der Waals surface area contributed by atoms with Gasteiger partial charge in [-0.05, 0) is 61.0 Å². The molecule has 0 saturated carbocycles. The number of aliphatic carboxylic acids is 1. The number of carboxylic acid groups (broad SMARTS) is 1. The van der Waals surface area contributed by atoms with Crippen LogP contribution in [-0.4, -0.2) is 23.5 Å². The Morgan fingerprint density at radius 2 is 1.79 bits per heavy atom. The zero-order valence-electron chi connectivity index (χ0n) is 20.5. The van der Waals surface area contributed by atoms with Crippen LogP contribution in [-0.2, 0) is 4.79 Å². The molecule has 2 heterocycles. The van der Waals surface area contributed by atoms with E-state index in [-0.39, 0.29) is 70.0 Å². The standard InChI is InChI=1S/C28H19Cl3N2O5.Na/c29-17-3-1-2-16(12-17)23-9-6-18(14-32-23)33-27(34)15-4-7-19(8-5-15)38-26-22(30)13-21-20(28(35)36)10-11-37-25(21)24(26)31;/h1-9,12-14,20H,10-11H2,(H,33,34)(H,35,36);/q;+1/p-1. The first-order valence-corrected chi connectivity index (χ1v) is 12.6. The number of carbonyl (C=O) groups is 2. The number of nitrogens with zero attached hydrogens (tertiary/aromatic N) is 1. The third kappa shape index (κ3) is 6.52. The fraction of sp³-hybridized carbons (Fsp3) is 0.107. The van der Waals surface area contributed by atoms with Crippen molar-refractivity contribution in [2.45, 2.75) is 12.3 Å². The van der Waals surface area contributed by atoms with Crippen molar-refractivity contribution < 1.29 is 53.7 Å². The van der Waals surface area contributed by atoms with Crippen molar-refractivity contribution in [2.75, 3.05) is 11.9 Å². The van der Waals surface area contributed by atoms with Crippen molar-refractivity contribution in [1.29, 1.82) is 0 Å². The number of carbonyl (C=O) groups excluding carboxylic acids is 2. The predicted molar refractivity (Wildman–Crippen MR) is 143 cm³/mol. The fourth-order valence-corrected chi connectivity index (χ4v) is 4.86. The summed E-state index contributed by atoms with van der Waals surface area (Å²) in [5.74, 6) is -1.74. The molecule has 1 unspecified atom stereocenters. The van der Waals surface area contributed by atoms with Gasteiger partial charge in [-0.25, -0.2) is 0 Å². The van der Waals surface area contributed by atoms with Crippen LogP contribution in [0.2, 0.25) is 15.1 Å². The molecule has 0 radical (unpaired) electrons. The van der Waals surface area contributed by atoms with Gasteiger partial charge in [0, 0.05) is 33.6 Å². The van der Waals surface area contributed by atoms with Crippen molar-refractivity contribution in [3.8, 4) is 28.5 Å². The first-order chi connectivity index (χ1) is 18.3. The number of fused-ring (bicyclic) bond motifs is 1. The number of aromatic nitrogens is 1. The number of hydrogen-bond donors (Lipinski definition) is 1. The van der Waals surface area contributed by atoms with Gasteiger partial charge in [0.05, 0.1) is 29.2 Å². The van der Waals surface area contributed by atoms with Crippen LogP contribution in [0.25, 0.3) is 11.3 Å². The van der Waals surface area contributed by atoms with E-state index in [2.05, 4.69) is 10.3 Å². The SMILES string of the molecule is O=C(Nc1ccc(-c2cccc(Cl)c2)nc1)c1ccc(Oc2c(Cl)cc3c(c2Cl)OCCC3C(=O)[O-])cc1.[Na+]. The zero-order valence-corrected chi connectivity index (χ0v) is 24.8. The molecule has 0 bridgehead atoms. The van der Waals surface area contributed by atoms with Crippen LogP contribution < -0.4 is 49.5 Å². The summed E-state index contributed by atoms with van der Waals surface area (Å²) < 4.78 is 11.4. The molecule has 3 aromatic carbocycles.